The summed E-state index contributed by atoms with van der Waals surface area (Å²) in [6.45, 7) is 9.04. The molecule has 2 aromatic carbocycles. The van der Waals surface area contributed by atoms with Crippen LogP contribution in [0, 0.1) is 0 Å². The van der Waals surface area contributed by atoms with E-state index in [9.17, 15) is 9.59 Å². The van der Waals surface area contributed by atoms with Gasteiger partial charge in [0.25, 0.3) is 0 Å². The van der Waals surface area contributed by atoms with Gasteiger partial charge in [-0.3, -0.25) is 9.59 Å². The molecule has 0 aliphatic heterocycles. The van der Waals surface area contributed by atoms with Gasteiger partial charge >= 0.3 is 6.15 Å². The molecule has 0 N–H and O–H groups in total. The molecule has 0 saturated carbocycles. The number of carbonyl (C=O) groups excluding carboxylic acids is 4. The Morgan fingerprint density at radius 2 is 1.19 bits per heavy atom. The number of fused-ring (bicyclic) bond motifs is 1. The second-order valence-corrected chi connectivity index (χ2v) is 3.90. The Balaban J connectivity index is 0.000000713. The average Bonchev–Trinajstić information content (AvgIpc) is 2.48. The van der Waals surface area contributed by atoms with Crippen molar-refractivity contribution in [3.63, 3.8) is 0 Å². The molecule has 0 saturated heterocycles. The molecule has 4 heteroatoms. The predicted octanol–water partition coefficient (Wildman–Crippen LogP) is 3.46. The molecule has 0 heterocycles. The first-order chi connectivity index (χ1) is 10.0. The first-order valence-electron chi connectivity index (χ1n) is 6.05. The van der Waals surface area contributed by atoms with Gasteiger partial charge in [-0.05, 0) is 19.2 Å². The number of hydrogen-bond acceptors (Lipinski definition) is 4. The Bertz CT molecular complexity index is 631. The molecule has 0 amide bonds. The summed E-state index contributed by atoms with van der Waals surface area (Å²) in [6.07, 6.45) is 0.250. The van der Waals surface area contributed by atoms with Crippen LogP contribution in [0.1, 0.15) is 34.6 Å². The van der Waals surface area contributed by atoms with Crippen molar-refractivity contribution in [1.29, 1.82) is 0 Å². The van der Waals surface area contributed by atoms with E-state index in [1.165, 1.54) is 13.8 Å². The first kappa shape index (κ1) is 18.2. The Morgan fingerprint density at radius 3 is 1.48 bits per heavy atom. The Morgan fingerprint density at radius 1 is 0.857 bits per heavy atom. The third-order valence-electron chi connectivity index (χ3n) is 2.66. The highest BCUT2D eigenvalue weighted by Gasteiger charge is 2.11. The minimum atomic E-state index is -0.0145. The molecule has 0 unspecified atom stereocenters. The van der Waals surface area contributed by atoms with Gasteiger partial charge in [-0.2, -0.15) is 9.59 Å². The smallest absolute Gasteiger partial charge is 0.294 e. The molecule has 0 atom stereocenters. The fourth-order valence-electron chi connectivity index (χ4n) is 1.93. The maximum Gasteiger partial charge on any atom is 0.373 e. The van der Waals surface area contributed by atoms with Crippen LogP contribution in [0.5, 0.6) is 0 Å². The van der Waals surface area contributed by atoms with Gasteiger partial charge < -0.3 is 0 Å². The van der Waals surface area contributed by atoms with E-state index in [1.54, 1.807) is 12.1 Å². The number of carbonyl (C=O) groups is 2. The largest absolute Gasteiger partial charge is 0.373 e. The lowest BCUT2D eigenvalue weighted by Gasteiger charge is -2.07. The molecule has 108 valence electrons. The van der Waals surface area contributed by atoms with Gasteiger partial charge in [-0.25, -0.2) is 0 Å². The molecule has 4 nitrogen and oxygen atoms in total. The zero-order valence-corrected chi connectivity index (χ0v) is 12.0. The van der Waals surface area contributed by atoms with Crippen molar-refractivity contribution < 1.29 is 19.2 Å². The zero-order valence-electron chi connectivity index (χ0n) is 12.0. The van der Waals surface area contributed by atoms with Gasteiger partial charge in [0.1, 0.15) is 0 Å². The van der Waals surface area contributed by atoms with Gasteiger partial charge in [0, 0.05) is 16.5 Å². The van der Waals surface area contributed by atoms with Crippen molar-refractivity contribution >= 4 is 28.5 Å². The molecule has 0 fully saturated rings. The highest BCUT2D eigenvalue weighted by Crippen LogP contribution is 2.23. The summed E-state index contributed by atoms with van der Waals surface area (Å²) in [6, 6.07) is 11.0. The van der Waals surface area contributed by atoms with Crippen LogP contribution in [0.3, 0.4) is 0 Å². The van der Waals surface area contributed by atoms with Gasteiger partial charge in [-0.15, -0.1) is 13.2 Å². The van der Waals surface area contributed by atoms with Crippen LogP contribution < -0.4 is 0 Å². The maximum absolute atomic E-state index is 11.5. The molecule has 2 rings (SSSR count). The molecule has 0 bridgehead atoms. The van der Waals surface area contributed by atoms with Crippen molar-refractivity contribution in [2.75, 3.05) is 0 Å². The minimum Gasteiger partial charge on any atom is -0.294 e. The summed E-state index contributed by atoms with van der Waals surface area (Å²) >= 11 is 0. The van der Waals surface area contributed by atoms with Gasteiger partial charge in [0.15, 0.2) is 11.6 Å². The van der Waals surface area contributed by atoms with Crippen molar-refractivity contribution in [2.24, 2.45) is 0 Å². The molecule has 0 aromatic heterocycles. The number of rotatable bonds is 2. The highest BCUT2D eigenvalue weighted by atomic mass is 16.2. The Kier molecular flexibility index (Phi) is 7.89. The van der Waals surface area contributed by atoms with Crippen LogP contribution in [-0.4, -0.2) is 17.7 Å². The zero-order chi connectivity index (χ0) is 16.4. The van der Waals surface area contributed by atoms with Crippen LogP contribution in [0.25, 0.3) is 10.8 Å². The number of hydrogen-bond donors (Lipinski definition) is 0. The molecule has 0 aliphatic carbocycles. The standard InChI is InChI=1S/C14H12O2.C2H4.CO2/c1-9(15)12-7-3-5-11-6-4-8-13(10(2)16)14(11)12;1-2;2-1-3/h3-8H,1-2H3;1-2H2;. The number of ketones is 2. The summed E-state index contributed by atoms with van der Waals surface area (Å²) in [5.74, 6) is -0.0291. The third-order valence-corrected chi connectivity index (χ3v) is 2.66. The summed E-state index contributed by atoms with van der Waals surface area (Å²) in [7, 11) is 0. The van der Waals surface area contributed by atoms with E-state index in [0.29, 0.717) is 11.1 Å². The third kappa shape index (κ3) is 4.64. The molecule has 21 heavy (non-hydrogen) atoms. The first-order valence-corrected chi connectivity index (χ1v) is 6.05. The molecular formula is C17H16O4. The monoisotopic (exact) mass is 284 g/mol. The van der Waals surface area contributed by atoms with Crippen molar-refractivity contribution in [1.82, 2.24) is 0 Å². The maximum atomic E-state index is 11.5. The predicted molar refractivity (Wildman–Crippen MR) is 80.2 cm³/mol. The SMILES string of the molecule is C=C.CC(=O)c1cccc2cccc(C(C)=O)c12.O=C=O. The van der Waals surface area contributed by atoms with E-state index in [4.69, 9.17) is 9.59 Å². The average molecular weight is 284 g/mol. The lowest BCUT2D eigenvalue weighted by atomic mass is 9.95. The van der Waals surface area contributed by atoms with Crippen LogP contribution >= 0.6 is 0 Å². The topological polar surface area (TPSA) is 68.3 Å². The van der Waals surface area contributed by atoms with Crippen molar-refractivity contribution in [2.45, 2.75) is 13.8 Å². The van der Waals surface area contributed by atoms with E-state index in [1.807, 2.05) is 24.3 Å². The number of Topliss-reactive ketones (excluding diaryl/α,β-unsaturated/α-hetero) is 2. The fourth-order valence-corrected chi connectivity index (χ4v) is 1.93. The lowest BCUT2D eigenvalue weighted by molar-refractivity contribution is -0.191. The minimum absolute atomic E-state index is 0.0145. The molecule has 2 aromatic rings. The van der Waals surface area contributed by atoms with Crippen LogP contribution in [0.4, 0.5) is 0 Å². The molecule has 0 radical (unpaired) electrons. The highest BCUT2D eigenvalue weighted by molar-refractivity contribution is 6.15. The summed E-state index contributed by atoms with van der Waals surface area (Å²) < 4.78 is 0. The van der Waals surface area contributed by atoms with Crippen LogP contribution in [0.2, 0.25) is 0 Å². The van der Waals surface area contributed by atoms with E-state index < -0.39 is 0 Å². The van der Waals surface area contributed by atoms with E-state index >= 15 is 0 Å². The summed E-state index contributed by atoms with van der Waals surface area (Å²) in [4.78, 5) is 39.3. The van der Waals surface area contributed by atoms with E-state index in [-0.39, 0.29) is 17.7 Å². The lowest BCUT2D eigenvalue weighted by Crippen LogP contribution is -2.00. The molecule has 0 spiro atoms. The second kappa shape index (κ2) is 9.13. The Labute approximate surface area is 123 Å². The van der Waals surface area contributed by atoms with Gasteiger partial charge in [0.05, 0.1) is 0 Å². The van der Waals surface area contributed by atoms with Crippen molar-refractivity contribution in [3.05, 3.63) is 60.7 Å². The van der Waals surface area contributed by atoms with E-state index in [0.717, 1.165) is 10.8 Å². The fraction of sp³-hybridized carbons (Fsp3) is 0.118. The molecule has 0 aliphatic rings. The normalized spacial score (nSPS) is 8.48. The van der Waals surface area contributed by atoms with Gasteiger partial charge in [0.2, 0.25) is 0 Å². The van der Waals surface area contributed by atoms with Crippen LogP contribution in [-0.2, 0) is 9.59 Å². The second-order valence-electron chi connectivity index (χ2n) is 3.90. The molecular weight excluding hydrogens is 268 g/mol. The Hall–Kier alpha value is -2.84. The summed E-state index contributed by atoms with van der Waals surface area (Å²) in [5.41, 5.74) is 1.23. The van der Waals surface area contributed by atoms with Gasteiger partial charge in [-0.1, -0.05) is 36.4 Å². The quantitative estimate of drug-likeness (QED) is 0.625. The summed E-state index contributed by atoms with van der Waals surface area (Å²) in [5, 5.41) is 1.70. The van der Waals surface area contributed by atoms with Crippen LogP contribution in [0.15, 0.2) is 49.6 Å². The van der Waals surface area contributed by atoms with E-state index in [2.05, 4.69) is 13.2 Å². The number of benzene rings is 2. The van der Waals surface area contributed by atoms with Crippen molar-refractivity contribution in [3.8, 4) is 0 Å².